The van der Waals surface area contributed by atoms with Gasteiger partial charge in [0.15, 0.2) is 0 Å². The van der Waals surface area contributed by atoms with E-state index in [2.05, 4.69) is 5.32 Å². The van der Waals surface area contributed by atoms with Crippen LogP contribution in [-0.4, -0.2) is 60.0 Å². The van der Waals surface area contributed by atoms with E-state index in [4.69, 9.17) is 4.74 Å². The molecule has 1 fully saturated rings. The summed E-state index contributed by atoms with van der Waals surface area (Å²) < 4.78 is 59.0. The van der Waals surface area contributed by atoms with E-state index in [1.54, 1.807) is 18.2 Å². The molecule has 1 aliphatic rings. The minimum Gasteiger partial charge on any atom is -0.495 e. The van der Waals surface area contributed by atoms with Crippen molar-refractivity contribution in [3.63, 3.8) is 0 Å². The van der Waals surface area contributed by atoms with Crippen LogP contribution in [0.1, 0.15) is 37.7 Å². The molecule has 0 unspecified atom stereocenters. The molecule has 9 nitrogen and oxygen atoms in total. The second kappa shape index (κ2) is 11.4. The Morgan fingerprint density at radius 3 is 2.37 bits per heavy atom. The number of para-hydroxylation sites is 1. The summed E-state index contributed by atoms with van der Waals surface area (Å²) in [7, 11) is -5.87. The predicted molar refractivity (Wildman–Crippen MR) is 137 cm³/mol. The van der Waals surface area contributed by atoms with Gasteiger partial charge in [0.25, 0.3) is 0 Å². The Morgan fingerprint density at radius 1 is 1.06 bits per heavy atom. The van der Waals surface area contributed by atoms with Crippen LogP contribution in [0.5, 0.6) is 5.75 Å². The van der Waals surface area contributed by atoms with Crippen molar-refractivity contribution in [3.8, 4) is 5.75 Å². The third-order valence-corrected chi connectivity index (χ3v) is 9.03. The maximum Gasteiger partial charge on any atom is 0.246 e. The number of nitrogens with one attached hydrogen (secondary N) is 1. The zero-order chi connectivity index (χ0) is 25.6. The van der Waals surface area contributed by atoms with Crippen molar-refractivity contribution in [1.82, 2.24) is 4.31 Å². The predicted octanol–water partition coefficient (Wildman–Crippen LogP) is 3.36. The van der Waals surface area contributed by atoms with Crippen molar-refractivity contribution < 1.29 is 26.4 Å². The van der Waals surface area contributed by atoms with Crippen LogP contribution in [0.2, 0.25) is 0 Å². The molecule has 35 heavy (non-hydrogen) atoms. The molecule has 1 heterocycles. The molecule has 2 aromatic rings. The van der Waals surface area contributed by atoms with E-state index >= 15 is 0 Å². The molecule has 1 amide bonds. The van der Waals surface area contributed by atoms with Gasteiger partial charge in [-0.3, -0.25) is 9.10 Å². The number of aryl methyl sites for hydroxylation is 1. The molecule has 0 radical (unpaired) electrons. The minimum absolute atomic E-state index is 0.0162. The number of nitrogens with zero attached hydrogens (tertiary/aromatic N) is 2. The van der Waals surface area contributed by atoms with E-state index in [9.17, 15) is 21.6 Å². The maximum absolute atomic E-state index is 13.2. The number of amides is 1. The summed E-state index contributed by atoms with van der Waals surface area (Å²) in [5.74, 6) is -0.120. The summed E-state index contributed by atoms with van der Waals surface area (Å²) in [5.41, 5.74) is 1.74. The van der Waals surface area contributed by atoms with E-state index in [-0.39, 0.29) is 29.5 Å². The number of piperidine rings is 1. The molecule has 192 valence electrons. The highest BCUT2D eigenvalue weighted by atomic mass is 32.2. The Labute approximate surface area is 208 Å². The van der Waals surface area contributed by atoms with E-state index in [1.165, 1.54) is 27.9 Å². The van der Waals surface area contributed by atoms with Crippen LogP contribution >= 0.6 is 0 Å². The van der Waals surface area contributed by atoms with Crippen molar-refractivity contribution in [1.29, 1.82) is 0 Å². The number of hydrogen-bond acceptors (Lipinski definition) is 6. The van der Waals surface area contributed by atoms with Gasteiger partial charge in [-0.2, -0.15) is 4.31 Å². The van der Waals surface area contributed by atoms with Gasteiger partial charge >= 0.3 is 0 Å². The summed E-state index contributed by atoms with van der Waals surface area (Å²) in [6, 6.07) is 11.7. The van der Waals surface area contributed by atoms with Gasteiger partial charge in [0.2, 0.25) is 26.0 Å². The molecule has 0 bridgehead atoms. The van der Waals surface area contributed by atoms with Gasteiger partial charge in [0.05, 0.1) is 19.1 Å². The lowest BCUT2D eigenvalue weighted by Gasteiger charge is -2.26. The third kappa shape index (κ3) is 6.74. The number of ether oxygens (including phenoxy) is 1. The number of benzene rings is 2. The number of sulfonamides is 2. The molecule has 1 N–H and O–H groups in total. The van der Waals surface area contributed by atoms with Crippen LogP contribution in [0.15, 0.2) is 47.4 Å². The average molecular weight is 524 g/mol. The normalized spacial score (nSPS) is 14.9. The molecule has 0 aromatic heterocycles. The van der Waals surface area contributed by atoms with E-state index in [1.807, 2.05) is 19.1 Å². The molecular weight excluding hydrogens is 490 g/mol. The first-order valence-electron chi connectivity index (χ1n) is 11.6. The number of methoxy groups -OCH3 is 1. The monoisotopic (exact) mass is 523 g/mol. The number of hydrogen-bond donors (Lipinski definition) is 1. The van der Waals surface area contributed by atoms with Crippen molar-refractivity contribution in [2.45, 2.75) is 43.9 Å². The highest BCUT2D eigenvalue weighted by molar-refractivity contribution is 7.92. The van der Waals surface area contributed by atoms with Crippen LogP contribution in [-0.2, 0) is 24.8 Å². The fourth-order valence-corrected chi connectivity index (χ4v) is 6.84. The number of anilines is 2. The fourth-order valence-electron chi connectivity index (χ4n) is 4.12. The summed E-state index contributed by atoms with van der Waals surface area (Å²) >= 11 is 0. The zero-order valence-corrected chi connectivity index (χ0v) is 22.0. The Morgan fingerprint density at radius 2 is 1.74 bits per heavy atom. The molecule has 0 atom stereocenters. The molecule has 0 saturated carbocycles. The Hall–Kier alpha value is -2.63. The summed E-state index contributed by atoms with van der Waals surface area (Å²) in [6.07, 6.45) is 4.12. The second-order valence-corrected chi connectivity index (χ2v) is 12.4. The molecule has 1 aliphatic heterocycles. The first kappa shape index (κ1) is 27.0. The zero-order valence-electron chi connectivity index (χ0n) is 20.4. The maximum atomic E-state index is 13.2. The van der Waals surface area contributed by atoms with Gasteiger partial charge in [-0.05, 0) is 56.0 Å². The van der Waals surface area contributed by atoms with Crippen LogP contribution in [0.3, 0.4) is 0 Å². The van der Waals surface area contributed by atoms with Crippen molar-refractivity contribution >= 4 is 37.3 Å². The number of carbonyl (C=O) groups excluding carboxylic acids is 1. The molecule has 2 aromatic carbocycles. The van der Waals surface area contributed by atoms with Gasteiger partial charge in [-0.25, -0.2) is 16.8 Å². The smallest absolute Gasteiger partial charge is 0.246 e. The van der Waals surface area contributed by atoms with Gasteiger partial charge in [-0.15, -0.1) is 0 Å². The first-order chi connectivity index (χ1) is 16.5. The van der Waals surface area contributed by atoms with Crippen LogP contribution in [0.4, 0.5) is 11.4 Å². The van der Waals surface area contributed by atoms with Crippen molar-refractivity contribution in [2.24, 2.45) is 0 Å². The molecular formula is C24H33N3O6S2. The lowest BCUT2D eigenvalue weighted by Crippen LogP contribution is -2.35. The molecule has 1 saturated heterocycles. The Balaban J connectivity index is 1.69. The SMILES string of the molecule is COc1ccc(NC(=O)CCCN(c2ccccc2C)S(C)(=O)=O)cc1S(=O)(=O)N1CCCCC1. The third-order valence-electron chi connectivity index (χ3n) is 5.93. The lowest BCUT2D eigenvalue weighted by atomic mass is 10.2. The highest BCUT2D eigenvalue weighted by Gasteiger charge is 2.29. The van der Waals surface area contributed by atoms with E-state index in [0.717, 1.165) is 31.1 Å². The van der Waals surface area contributed by atoms with Crippen molar-refractivity contribution in [2.75, 3.05) is 42.6 Å². The van der Waals surface area contributed by atoms with Gasteiger partial charge < -0.3 is 10.1 Å². The fraction of sp³-hybridized carbons (Fsp3) is 0.458. The van der Waals surface area contributed by atoms with Gasteiger partial charge in [0, 0.05) is 31.7 Å². The average Bonchev–Trinajstić information content (AvgIpc) is 2.82. The van der Waals surface area contributed by atoms with Crippen LogP contribution in [0, 0.1) is 6.92 Å². The first-order valence-corrected chi connectivity index (χ1v) is 14.8. The minimum atomic E-state index is -3.76. The summed E-state index contributed by atoms with van der Waals surface area (Å²) in [6.45, 7) is 2.90. The van der Waals surface area contributed by atoms with Crippen LogP contribution in [0.25, 0.3) is 0 Å². The van der Waals surface area contributed by atoms with Crippen molar-refractivity contribution in [3.05, 3.63) is 48.0 Å². The van der Waals surface area contributed by atoms with E-state index < -0.39 is 20.0 Å². The Kier molecular flexibility index (Phi) is 8.79. The quantitative estimate of drug-likeness (QED) is 0.511. The van der Waals surface area contributed by atoms with Gasteiger partial charge in [-0.1, -0.05) is 24.6 Å². The molecule has 3 rings (SSSR count). The molecule has 0 spiro atoms. The summed E-state index contributed by atoms with van der Waals surface area (Å²) in [4.78, 5) is 12.6. The van der Waals surface area contributed by atoms with Crippen LogP contribution < -0.4 is 14.4 Å². The van der Waals surface area contributed by atoms with E-state index in [0.29, 0.717) is 30.9 Å². The standard InChI is InChI=1S/C24H33N3O6S2/c1-19-10-5-6-11-21(19)27(34(3,29)30)17-9-12-24(28)25-20-13-14-22(33-2)23(18-20)35(31,32)26-15-7-4-8-16-26/h5-6,10-11,13-14,18H,4,7-9,12,15-17H2,1-3H3,(H,25,28). The molecule has 11 heteroatoms. The highest BCUT2D eigenvalue weighted by Crippen LogP contribution is 2.31. The lowest BCUT2D eigenvalue weighted by molar-refractivity contribution is -0.116. The second-order valence-electron chi connectivity index (χ2n) is 8.60. The number of rotatable bonds is 10. The summed E-state index contributed by atoms with van der Waals surface area (Å²) in [5, 5.41) is 2.73. The molecule has 0 aliphatic carbocycles. The Bertz CT molecular complexity index is 1260. The number of carbonyl (C=O) groups is 1. The van der Waals surface area contributed by atoms with Gasteiger partial charge in [0.1, 0.15) is 10.6 Å². The topological polar surface area (TPSA) is 113 Å². The largest absolute Gasteiger partial charge is 0.495 e.